The van der Waals surface area contributed by atoms with Gasteiger partial charge < -0.3 is 40.4 Å². The van der Waals surface area contributed by atoms with Crippen LogP contribution in [0.1, 0.15) is 18.1 Å². The Morgan fingerprint density at radius 1 is 0.705 bits per heavy atom. The molecule has 320 valence electrons. The molecular weight excluding hydrogens is 775 g/mol. The van der Waals surface area contributed by atoms with Gasteiger partial charge in [-0.05, 0) is 84.3 Å². The lowest BCUT2D eigenvalue weighted by molar-refractivity contribution is -0.127. The van der Waals surface area contributed by atoms with E-state index < -0.39 is 30.1 Å². The number of aryl methyl sites for hydroxylation is 1. The first-order valence-electron chi connectivity index (χ1n) is 19.7. The summed E-state index contributed by atoms with van der Waals surface area (Å²) in [6.07, 6.45) is 1.89. The van der Waals surface area contributed by atoms with Gasteiger partial charge in [-0.2, -0.15) is 0 Å². The summed E-state index contributed by atoms with van der Waals surface area (Å²) in [6, 6.07) is 38.4. The molecule has 0 bridgehead atoms. The van der Waals surface area contributed by atoms with E-state index in [0.29, 0.717) is 34.4 Å². The number of benzene rings is 5. The number of aromatic nitrogens is 2. The maximum Gasteiger partial charge on any atom is 0.330 e. The van der Waals surface area contributed by atoms with Gasteiger partial charge in [-0.3, -0.25) is 23.5 Å². The number of hydrogen-bond donors (Lipinski definition) is 3. The number of amides is 3. The summed E-state index contributed by atoms with van der Waals surface area (Å²) in [4.78, 5) is 66.8. The average molecular weight is 830 g/mol. The van der Waals surface area contributed by atoms with Gasteiger partial charge in [-0.1, -0.05) is 67.6 Å². The van der Waals surface area contributed by atoms with Crippen molar-refractivity contribution < 1.29 is 28.7 Å². The highest BCUT2D eigenvalue weighted by molar-refractivity contribution is 5.99. The number of nitrogen functional groups attached to an aromatic ring is 1. The topological polar surface area (TPSA) is 170 Å². The molecule has 0 radical (unpaired) electrons. The van der Waals surface area contributed by atoms with Crippen molar-refractivity contribution in [2.75, 3.05) is 57.4 Å². The smallest absolute Gasteiger partial charge is 0.330 e. The van der Waals surface area contributed by atoms with E-state index in [9.17, 15) is 24.0 Å². The number of anilines is 3. The van der Waals surface area contributed by atoms with E-state index in [1.807, 2.05) is 74.8 Å². The molecule has 0 spiro atoms. The van der Waals surface area contributed by atoms with Crippen molar-refractivity contribution in [2.24, 2.45) is 0 Å². The van der Waals surface area contributed by atoms with E-state index in [1.165, 1.54) is 31.4 Å². The third-order valence-corrected chi connectivity index (χ3v) is 9.58. The number of carbonyl (C=O) groups excluding carboxylic acids is 4. The van der Waals surface area contributed by atoms with E-state index in [4.69, 9.17) is 15.2 Å². The molecular formula is C47H55N7O7. The van der Waals surface area contributed by atoms with Crippen molar-refractivity contribution >= 4 is 52.1 Å². The number of nitrogens with one attached hydrogen (secondary N) is 2. The largest absolute Gasteiger partial charge is 0.497 e. The van der Waals surface area contributed by atoms with Gasteiger partial charge in [-0.25, -0.2) is 4.79 Å². The molecule has 1 heterocycles. The van der Waals surface area contributed by atoms with E-state index in [-0.39, 0.29) is 25.4 Å². The highest BCUT2D eigenvalue weighted by Crippen LogP contribution is 2.21. The minimum atomic E-state index is -0.949. The Labute approximate surface area is 356 Å². The van der Waals surface area contributed by atoms with Crippen LogP contribution in [-0.4, -0.2) is 81.1 Å². The first kappa shape index (κ1) is 46.3. The fourth-order valence-electron chi connectivity index (χ4n) is 6.19. The molecule has 0 fully saturated rings. The van der Waals surface area contributed by atoms with Gasteiger partial charge >= 0.3 is 5.69 Å². The second-order valence-electron chi connectivity index (χ2n) is 14.0. The number of fused-ring (bicyclic) bond motifs is 1. The second-order valence-corrected chi connectivity index (χ2v) is 14.0. The maximum absolute atomic E-state index is 13.6. The normalized spacial score (nSPS) is 10.8. The molecule has 3 amide bonds. The van der Waals surface area contributed by atoms with Crippen LogP contribution in [0.3, 0.4) is 0 Å². The quantitative estimate of drug-likeness (QED) is 0.0941. The Morgan fingerprint density at radius 2 is 1.23 bits per heavy atom. The third-order valence-electron chi connectivity index (χ3n) is 9.58. The van der Waals surface area contributed by atoms with Crippen LogP contribution in [0.25, 0.3) is 11.0 Å². The zero-order valence-corrected chi connectivity index (χ0v) is 35.5. The molecule has 14 nitrogen and oxygen atoms in total. The van der Waals surface area contributed by atoms with E-state index in [1.54, 1.807) is 57.7 Å². The number of rotatable bonds is 15. The Kier molecular flexibility index (Phi) is 17.7. The van der Waals surface area contributed by atoms with Crippen LogP contribution in [0, 0.1) is 0 Å². The standard InChI is InChI=1S/C30H32N6O6.C9H13NO.C8H10/c1-34(22-9-11-23(42-2)12-10-22)29(40)24(16-20-6-4-3-5-7-20)33-28(39)19-36-26-17-21(31)8-13-25(26)35(30(36)41)18-27(38)32-14-15-37;1-10(2)8-4-6-9(11-3)7-5-8;1-2-8-6-4-3-5-7-8/h3-13,15,17,24H,14,16,18-19,31H2,1-2H3,(H,32,38)(H,33,39);4-7H,1-3H3;3-7H,2H2,1H3. The summed E-state index contributed by atoms with van der Waals surface area (Å²) in [5, 5.41) is 5.20. The first-order valence-corrected chi connectivity index (χ1v) is 19.7. The molecule has 14 heteroatoms. The lowest BCUT2D eigenvalue weighted by Crippen LogP contribution is -2.50. The molecule has 6 aromatic rings. The molecule has 1 aromatic heterocycles. The lowest BCUT2D eigenvalue weighted by atomic mass is 10.0. The zero-order valence-electron chi connectivity index (χ0n) is 35.5. The maximum atomic E-state index is 13.6. The Bertz CT molecular complexity index is 2380. The molecule has 0 saturated heterocycles. The van der Waals surface area contributed by atoms with E-state index >= 15 is 0 Å². The number of hydrogen-bond acceptors (Lipinski definition) is 9. The minimum Gasteiger partial charge on any atom is -0.497 e. The first-order chi connectivity index (χ1) is 29.4. The number of nitrogens with zero attached hydrogens (tertiary/aromatic N) is 4. The Morgan fingerprint density at radius 3 is 1.74 bits per heavy atom. The summed E-state index contributed by atoms with van der Waals surface area (Å²) in [6.45, 7) is 1.19. The summed E-state index contributed by atoms with van der Waals surface area (Å²) in [5.74, 6) is 0.0556. The van der Waals surface area contributed by atoms with Crippen molar-refractivity contribution in [3.63, 3.8) is 0 Å². The average Bonchev–Trinajstić information content (AvgIpc) is 3.53. The van der Waals surface area contributed by atoms with Gasteiger partial charge in [0.05, 0.1) is 31.8 Å². The molecule has 0 aliphatic carbocycles. The number of nitrogens with two attached hydrogens (primary N) is 1. The van der Waals surface area contributed by atoms with Gasteiger partial charge in [0.2, 0.25) is 17.7 Å². The van der Waals surface area contributed by atoms with Crippen molar-refractivity contribution in [3.8, 4) is 11.5 Å². The zero-order chi connectivity index (χ0) is 44.3. The summed E-state index contributed by atoms with van der Waals surface area (Å²) >= 11 is 0. The highest BCUT2D eigenvalue weighted by atomic mass is 16.5. The molecule has 1 unspecified atom stereocenters. The van der Waals surface area contributed by atoms with Crippen LogP contribution in [0.5, 0.6) is 11.5 Å². The van der Waals surface area contributed by atoms with Crippen molar-refractivity contribution in [1.29, 1.82) is 0 Å². The van der Waals surface area contributed by atoms with Crippen LogP contribution in [0.2, 0.25) is 0 Å². The van der Waals surface area contributed by atoms with Crippen LogP contribution in [-0.2, 0) is 45.1 Å². The number of likely N-dealkylation sites (N-methyl/N-ethyl adjacent to an activating group) is 1. The van der Waals surface area contributed by atoms with Gasteiger partial charge in [-0.15, -0.1) is 0 Å². The minimum absolute atomic E-state index is 0.191. The van der Waals surface area contributed by atoms with Gasteiger partial charge in [0.25, 0.3) is 0 Å². The van der Waals surface area contributed by atoms with Crippen LogP contribution in [0.15, 0.2) is 132 Å². The number of methoxy groups -OCH3 is 2. The molecule has 0 aliphatic heterocycles. The van der Waals surface area contributed by atoms with Gasteiger partial charge in [0, 0.05) is 44.6 Å². The number of aldehydes is 1. The second kappa shape index (κ2) is 23.3. The predicted octanol–water partition coefficient (Wildman–Crippen LogP) is 5.11. The van der Waals surface area contributed by atoms with Crippen molar-refractivity contribution in [3.05, 3.63) is 149 Å². The van der Waals surface area contributed by atoms with Crippen molar-refractivity contribution in [1.82, 2.24) is 19.8 Å². The summed E-state index contributed by atoms with van der Waals surface area (Å²) < 4.78 is 12.6. The number of carbonyl (C=O) groups is 4. The Balaban J connectivity index is 0.000000351. The van der Waals surface area contributed by atoms with Crippen LogP contribution in [0.4, 0.5) is 17.1 Å². The molecule has 1 atom stereocenters. The summed E-state index contributed by atoms with van der Waals surface area (Å²) in [5.41, 5.74) is 10.5. The summed E-state index contributed by atoms with van der Waals surface area (Å²) in [7, 11) is 8.87. The van der Waals surface area contributed by atoms with E-state index in [2.05, 4.69) is 46.7 Å². The number of ether oxygens (including phenoxy) is 2. The SMILES string of the molecule is CCc1ccccc1.COc1ccc(N(C)C(=O)C(Cc2ccccc2)NC(=O)Cn2c(=O)n(CC(=O)NCC=O)c3ccc(N)cc32)cc1.COc1ccc(N(C)C)cc1. The molecule has 0 aliphatic rings. The molecule has 0 saturated carbocycles. The molecule has 6 rings (SSSR count). The van der Waals surface area contributed by atoms with Gasteiger partial charge in [0.1, 0.15) is 36.9 Å². The third kappa shape index (κ3) is 13.6. The molecule has 4 N–H and O–H groups in total. The Hall–Kier alpha value is -7.35. The monoisotopic (exact) mass is 829 g/mol. The van der Waals surface area contributed by atoms with E-state index in [0.717, 1.165) is 17.7 Å². The molecule has 61 heavy (non-hydrogen) atoms. The van der Waals surface area contributed by atoms with Crippen molar-refractivity contribution in [2.45, 2.75) is 38.9 Å². The molecule has 5 aromatic carbocycles. The van der Waals surface area contributed by atoms with Crippen LogP contribution >= 0.6 is 0 Å². The predicted molar refractivity (Wildman–Crippen MR) is 241 cm³/mol. The van der Waals surface area contributed by atoms with Crippen LogP contribution < -0.4 is 41.3 Å². The van der Waals surface area contributed by atoms with Gasteiger partial charge in [0.15, 0.2) is 0 Å². The highest BCUT2D eigenvalue weighted by Gasteiger charge is 2.27. The fraction of sp³-hybridized carbons (Fsp3) is 0.255. The fourth-order valence-corrected chi connectivity index (χ4v) is 6.19. The lowest BCUT2D eigenvalue weighted by Gasteiger charge is -2.25. The number of imidazole rings is 1.